The number of fused-ring (bicyclic) bond motifs is 1. The van der Waals surface area contributed by atoms with Gasteiger partial charge in [0, 0.05) is 44.5 Å². The van der Waals surface area contributed by atoms with Gasteiger partial charge in [-0.25, -0.2) is 14.6 Å². The van der Waals surface area contributed by atoms with E-state index in [-0.39, 0.29) is 11.4 Å². The fraction of sp³-hybridized carbons (Fsp3) is 0.533. The van der Waals surface area contributed by atoms with E-state index in [1.54, 1.807) is 9.42 Å². The molecule has 0 aliphatic carbocycles. The fourth-order valence-electron chi connectivity index (χ4n) is 5.50. The van der Waals surface area contributed by atoms with Gasteiger partial charge < -0.3 is 19.6 Å². The van der Waals surface area contributed by atoms with Crippen LogP contribution < -0.4 is 9.80 Å². The molecule has 214 valence electrons. The van der Waals surface area contributed by atoms with Gasteiger partial charge in [0.15, 0.2) is 17.6 Å². The summed E-state index contributed by atoms with van der Waals surface area (Å²) in [5.74, 6) is 0.108. The first-order chi connectivity index (χ1) is 18.8. The van der Waals surface area contributed by atoms with Crippen LogP contribution in [0.25, 0.3) is 5.65 Å². The highest BCUT2D eigenvalue weighted by Crippen LogP contribution is 2.39. The molecule has 4 heterocycles. The molecule has 2 amide bonds. The minimum absolute atomic E-state index is 0.107. The quantitative estimate of drug-likeness (QED) is 0.441. The minimum Gasteiger partial charge on any atom is -0.479 e. The number of anilines is 2. The monoisotopic (exact) mass is 548 g/mol. The number of carbonyl (C=O) groups excluding carboxylic acids is 1. The highest BCUT2D eigenvalue weighted by Gasteiger charge is 2.37. The molecule has 2 saturated heterocycles. The molecule has 3 aromatic rings. The van der Waals surface area contributed by atoms with Gasteiger partial charge in [-0.05, 0) is 51.5 Å². The van der Waals surface area contributed by atoms with E-state index in [0.29, 0.717) is 48.2 Å². The van der Waals surface area contributed by atoms with Crippen LogP contribution in [-0.2, 0) is 16.1 Å². The van der Waals surface area contributed by atoms with E-state index >= 15 is 0 Å². The molecule has 10 nitrogen and oxygen atoms in total. The number of hydrogen-bond donors (Lipinski definition) is 1. The van der Waals surface area contributed by atoms with E-state index in [9.17, 15) is 14.7 Å². The molecule has 1 atom stereocenters. The summed E-state index contributed by atoms with van der Waals surface area (Å²) in [5.41, 5.74) is 2.24. The second kappa shape index (κ2) is 10.4. The molecular formula is C30H40N6O4. The Morgan fingerprint density at radius 2 is 1.77 bits per heavy atom. The average molecular weight is 549 g/mol. The maximum atomic E-state index is 13.4. The number of carbonyl (C=O) groups is 2. The van der Waals surface area contributed by atoms with Crippen molar-refractivity contribution in [2.45, 2.75) is 72.6 Å². The van der Waals surface area contributed by atoms with E-state index in [1.165, 1.54) is 0 Å². The first-order valence-corrected chi connectivity index (χ1v) is 14.0. The van der Waals surface area contributed by atoms with Crippen molar-refractivity contribution in [3.8, 4) is 0 Å². The second-order valence-corrected chi connectivity index (χ2v) is 12.6. The third-order valence-corrected chi connectivity index (χ3v) is 7.75. The van der Waals surface area contributed by atoms with Crippen LogP contribution in [0.4, 0.5) is 16.4 Å². The summed E-state index contributed by atoms with van der Waals surface area (Å²) in [5, 5.41) is 15.2. The molecule has 40 heavy (non-hydrogen) atoms. The number of aromatic nitrogens is 3. The number of rotatable bonds is 7. The van der Waals surface area contributed by atoms with Crippen molar-refractivity contribution < 1.29 is 19.4 Å². The third-order valence-electron chi connectivity index (χ3n) is 7.75. The van der Waals surface area contributed by atoms with E-state index in [2.05, 4.69) is 18.7 Å². The zero-order valence-corrected chi connectivity index (χ0v) is 24.3. The number of aliphatic carboxylic acids is 1. The van der Waals surface area contributed by atoms with Crippen molar-refractivity contribution in [2.75, 3.05) is 36.0 Å². The van der Waals surface area contributed by atoms with Crippen LogP contribution in [0, 0.1) is 12.3 Å². The molecule has 10 heteroatoms. The van der Waals surface area contributed by atoms with Crippen molar-refractivity contribution in [1.29, 1.82) is 0 Å². The zero-order valence-electron chi connectivity index (χ0n) is 24.3. The van der Waals surface area contributed by atoms with Crippen molar-refractivity contribution in [2.24, 2.45) is 5.41 Å². The van der Waals surface area contributed by atoms with Gasteiger partial charge in [-0.2, -0.15) is 4.52 Å². The van der Waals surface area contributed by atoms with E-state index < -0.39 is 17.7 Å². The van der Waals surface area contributed by atoms with Crippen LogP contribution in [0.1, 0.15) is 70.4 Å². The predicted octanol–water partition coefficient (Wildman–Crippen LogP) is 5.05. The third kappa shape index (κ3) is 5.63. The van der Waals surface area contributed by atoms with Crippen LogP contribution in [0.2, 0.25) is 0 Å². The Morgan fingerprint density at radius 3 is 2.40 bits per heavy atom. The van der Waals surface area contributed by atoms with E-state index in [0.717, 1.165) is 31.5 Å². The lowest BCUT2D eigenvalue weighted by Crippen LogP contribution is -2.40. The van der Waals surface area contributed by atoms with Crippen molar-refractivity contribution in [3.05, 3.63) is 53.2 Å². The molecule has 1 N–H and O–H groups in total. The Balaban J connectivity index is 1.57. The van der Waals surface area contributed by atoms with Crippen LogP contribution in [-0.4, -0.2) is 68.4 Å². The molecule has 0 spiro atoms. The van der Waals surface area contributed by atoms with Crippen LogP contribution >= 0.6 is 0 Å². The summed E-state index contributed by atoms with van der Waals surface area (Å²) in [6.45, 7) is 15.0. The molecule has 2 aliphatic rings. The lowest BCUT2D eigenvalue weighted by molar-refractivity contribution is -0.160. The molecule has 0 unspecified atom stereocenters. The van der Waals surface area contributed by atoms with Gasteiger partial charge in [0.25, 0.3) is 0 Å². The molecule has 0 radical (unpaired) electrons. The summed E-state index contributed by atoms with van der Waals surface area (Å²) in [6.07, 6.45) is 0.699. The highest BCUT2D eigenvalue weighted by molar-refractivity contribution is 5.93. The molecule has 0 bridgehead atoms. The normalized spacial score (nSPS) is 18.6. The first kappa shape index (κ1) is 27.9. The molecule has 5 rings (SSSR count). The fourth-order valence-corrected chi connectivity index (χ4v) is 5.50. The summed E-state index contributed by atoms with van der Waals surface area (Å²) in [7, 11) is 0. The van der Waals surface area contributed by atoms with Crippen LogP contribution in [0.3, 0.4) is 0 Å². The van der Waals surface area contributed by atoms with Gasteiger partial charge in [-0.1, -0.05) is 44.2 Å². The SMILES string of the molecule is Cc1nc2cc(N3CCN(Cc4ccccc4)C3=O)nn2c(N2CCC(C)(C)CC2)c1[C@H](OC(C)(C)C)C(=O)O. The number of ether oxygens (including phenoxy) is 1. The van der Waals surface area contributed by atoms with E-state index in [1.807, 2.05) is 69.0 Å². The summed E-state index contributed by atoms with van der Waals surface area (Å²) < 4.78 is 7.82. The van der Waals surface area contributed by atoms with Gasteiger partial charge in [0.05, 0.1) is 11.2 Å². The Hall–Kier alpha value is -3.66. The smallest absolute Gasteiger partial charge is 0.337 e. The van der Waals surface area contributed by atoms with Gasteiger partial charge >= 0.3 is 12.0 Å². The maximum absolute atomic E-state index is 13.4. The molecule has 2 aromatic heterocycles. The molecule has 0 saturated carbocycles. The molecular weight excluding hydrogens is 508 g/mol. The van der Waals surface area contributed by atoms with Gasteiger partial charge in [-0.3, -0.25) is 4.90 Å². The summed E-state index contributed by atoms with van der Waals surface area (Å²) in [6, 6.07) is 11.6. The number of carboxylic acid groups (broad SMARTS) is 1. The van der Waals surface area contributed by atoms with Crippen LogP contribution in [0.5, 0.6) is 0 Å². The Bertz CT molecular complexity index is 1400. The second-order valence-electron chi connectivity index (χ2n) is 12.6. The Morgan fingerprint density at radius 1 is 1.10 bits per heavy atom. The average Bonchev–Trinajstić information content (AvgIpc) is 3.45. The van der Waals surface area contributed by atoms with Gasteiger partial charge in [0.2, 0.25) is 0 Å². The van der Waals surface area contributed by atoms with Crippen LogP contribution in [0.15, 0.2) is 36.4 Å². The number of hydrogen-bond acceptors (Lipinski definition) is 6. The predicted molar refractivity (Wildman–Crippen MR) is 154 cm³/mol. The number of aryl methyl sites for hydroxylation is 1. The molecule has 1 aromatic carbocycles. The minimum atomic E-state index is -1.22. The lowest BCUT2D eigenvalue weighted by atomic mass is 9.82. The highest BCUT2D eigenvalue weighted by atomic mass is 16.5. The number of nitrogens with zero attached hydrogens (tertiary/aromatic N) is 6. The van der Waals surface area contributed by atoms with Gasteiger partial charge in [0.1, 0.15) is 5.82 Å². The Kier molecular flexibility index (Phi) is 7.24. The number of amides is 2. The number of benzene rings is 1. The number of carboxylic acids is 1. The maximum Gasteiger partial charge on any atom is 0.337 e. The molecule has 2 fully saturated rings. The van der Waals surface area contributed by atoms with Crippen molar-refractivity contribution in [3.63, 3.8) is 0 Å². The number of piperidine rings is 1. The Labute approximate surface area is 235 Å². The summed E-state index contributed by atoms with van der Waals surface area (Å²) in [4.78, 5) is 36.5. The largest absolute Gasteiger partial charge is 0.479 e. The zero-order chi connectivity index (χ0) is 28.8. The first-order valence-electron chi connectivity index (χ1n) is 14.0. The standard InChI is InChI=1S/C30H40N6O4/c1-20-24(25(27(37)38)40-29(2,3)4)26(33-14-12-30(5,6)13-15-33)36-22(31-20)18-23(32-36)35-17-16-34(28(35)39)19-21-10-8-7-9-11-21/h7-11,18,25H,12-17,19H2,1-6H3,(H,37,38)/t25-/m0/s1. The lowest BCUT2D eigenvalue weighted by Gasteiger charge is -2.39. The molecule has 2 aliphatic heterocycles. The topological polar surface area (TPSA) is 104 Å². The summed E-state index contributed by atoms with van der Waals surface area (Å²) >= 11 is 0. The number of urea groups is 1. The van der Waals surface area contributed by atoms with E-state index in [4.69, 9.17) is 14.8 Å². The van der Waals surface area contributed by atoms with Crippen molar-refractivity contribution in [1.82, 2.24) is 19.5 Å². The van der Waals surface area contributed by atoms with Crippen molar-refractivity contribution >= 4 is 29.3 Å². The van der Waals surface area contributed by atoms with Gasteiger partial charge in [-0.15, -0.1) is 5.10 Å².